The highest BCUT2D eigenvalue weighted by Crippen LogP contribution is 2.43. The Morgan fingerprint density at radius 3 is 2.58 bits per heavy atom. The van der Waals surface area contributed by atoms with Gasteiger partial charge in [0.1, 0.15) is 24.6 Å². The molecule has 40 heavy (non-hydrogen) atoms. The quantitative estimate of drug-likeness (QED) is 0.376. The number of carbonyl (C=O) groups excluding carboxylic acids is 1. The summed E-state index contributed by atoms with van der Waals surface area (Å²) in [5.74, 6) is 0.314. The van der Waals surface area contributed by atoms with Gasteiger partial charge in [-0.2, -0.15) is 0 Å². The maximum atomic E-state index is 12.1. The largest absolute Gasteiger partial charge is 0.414 e. The first-order valence-electron chi connectivity index (χ1n) is 13.6. The Morgan fingerprint density at radius 1 is 1.10 bits per heavy atom. The molecule has 0 bridgehead atoms. The number of rotatable bonds is 8. The smallest absolute Gasteiger partial charge is 0.320 e. The van der Waals surface area contributed by atoms with Gasteiger partial charge in [0.25, 0.3) is 0 Å². The van der Waals surface area contributed by atoms with Crippen molar-refractivity contribution >= 4 is 37.4 Å². The molecule has 1 aromatic carbocycles. The van der Waals surface area contributed by atoms with Crippen molar-refractivity contribution < 1.29 is 23.4 Å². The fraction of sp³-hybridized carbons (Fsp3) is 0.500. The maximum Gasteiger partial charge on any atom is 0.320 e. The van der Waals surface area contributed by atoms with Crippen molar-refractivity contribution in [3.05, 3.63) is 54.6 Å². The van der Waals surface area contributed by atoms with Crippen LogP contribution in [0.15, 0.2) is 49.1 Å². The summed E-state index contributed by atoms with van der Waals surface area (Å²) >= 11 is 0. The molecular weight excluding hydrogens is 528 g/mol. The number of amides is 2. The molecule has 12 heteroatoms. The highest BCUT2D eigenvalue weighted by atomic mass is 28.4. The number of imidazole rings is 1. The molecule has 2 saturated heterocycles. The number of anilines is 1. The molecule has 5 rings (SSSR count). The van der Waals surface area contributed by atoms with E-state index in [0.29, 0.717) is 30.1 Å². The van der Waals surface area contributed by atoms with Gasteiger partial charge < -0.3 is 24.0 Å². The zero-order valence-corrected chi connectivity index (χ0v) is 24.8. The number of fused-ring (bicyclic) bond motifs is 2. The summed E-state index contributed by atoms with van der Waals surface area (Å²) in [6, 6.07) is 9.65. The first-order chi connectivity index (χ1) is 19.1. The number of nitrogens with zero attached hydrogens (tertiary/aromatic N) is 4. The molecule has 2 unspecified atom stereocenters. The second-order valence-corrected chi connectivity index (χ2v) is 16.3. The second-order valence-electron chi connectivity index (χ2n) is 11.5. The summed E-state index contributed by atoms with van der Waals surface area (Å²) in [7, 11) is -2.03. The zero-order valence-electron chi connectivity index (χ0n) is 23.8. The molecule has 2 aliphatic rings. The standard InChI is InChI=1S/C28H38N6O5Si/c1-7-29-27(35)33-24-21-25(31-16-30-24)34(17-32-21)26-23-22(19(37-26)15-36-40(5,6)28(2,3)4)38-20(39-23)14-13-18-11-9-8-10-12-18/h8-14,16-17,19-20,22-23,26H,7,15H2,1-6H3,(H2,29,30,31,33,35)/b14-13+/t19-,20+,22?,23?,26-/m1/s1. The van der Waals surface area contributed by atoms with Crippen molar-refractivity contribution in [2.24, 2.45) is 0 Å². The third-order valence-electron chi connectivity index (χ3n) is 7.73. The van der Waals surface area contributed by atoms with Crippen LogP contribution in [0.4, 0.5) is 10.6 Å². The van der Waals surface area contributed by atoms with Gasteiger partial charge in [0.15, 0.2) is 37.8 Å². The third kappa shape index (κ3) is 5.81. The molecule has 0 aliphatic carbocycles. The zero-order chi connectivity index (χ0) is 28.5. The average molecular weight is 567 g/mol. The number of nitrogens with one attached hydrogen (secondary N) is 2. The molecule has 0 saturated carbocycles. The van der Waals surface area contributed by atoms with Crippen LogP contribution in [0.3, 0.4) is 0 Å². The van der Waals surface area contributed by atoms with Gasteiger partial charge in [-0.3, -0.25) is 9.88 Å². The molecule has 4 heterocycles. The summed E-state index contributed by atoms with van der Waals surface area (Å²) in [4.78, 5) is 25.3. The van der Waals surface area contributed by atoms with Gasteiger partial charge >= 0.3 is 6.03 Å². The van der Waals surface area contributed by atoms with E-state index in [2.05, 4.69) is 59.5 Å². The van der Waals surface area contributed by atoms with Crippen LogP contribution in [0.1, 0.15) is 39.5 Å². The molecule has 3 aromatic rings. The van der Waals surface area contributed by atoms with Crippen molar-refractivity contribution in [1.29, 1.82) is 0 Å². The normalized spacial score (nSPS) is 25.0. The highest BCUT2D eigenvalue weighted by Gasteiger charge is 2.54. The molecule has 2 N–H and O–H groups in total. The number of hydrogen-bond donors (Lipinski definition) is 2. The summed E-state index contributed by atoms with van der Waals surface area (Å²) < 4.78 is 27.7. The van der Waals surface area contributed by atoms with Crippen LogP contribution in [-0.2, 0) is 18.6 Å². The van der Waals surface area contributed by atoms with E-state index in [1.165, 1.54) is 6.33 Å². The van der Waals surface area contributed by atoms with Crippen LogP contribution >= 0.6 is 0 Å². The van der Waals surface area contributed by atoms with E-state index in [9.17, 15) is 4.79 Å². The van der Waals surface area contributed by atoms with Gasteiger partial charge in [0, 0.05) is 6.54 Å². The third-order valence-corrected chi connectivity index (χ3v) is 12.2. The monoisotopic (exact) mass is 566 g/mol. The van der Waals surface area contributed by atoms with Crippen LogP contribution in [0.2, 0.25) is 18.1 Å². The van der Waals surface area contributed by atoms with E-state index in [0.717, 1.165) is 5.56 Å². The molecule has 214 valence electrons. The predicted octanol–water partition coefficient (Wildman–Crippen LogP) is 4.71. The number of carbonyl (C=O) groups is 1. The van der Waals surface area contributed by atoms with E-state index in [4.69, 9.17) is 18.6 Å². The average Bonchev–Trinajstić information content (AvgIpc) is 3.61. The van der Waals surface area contributed by atoms with Crippen molar-refractivity contribution in [1.82, 2.24) is 24.8 Å². The predicted molar refractivity (Wildman–Crippen MR) is 154 cm³/mol. The number of ether oxygens (including phenoxy) is 3. The first-order valence-corrected chi connectivity index (χ1v) is 16.5. The van der Waals surface area contributed by atoms with E-state index >= 15 is 0 Å². The lowest BCUT2D eigenvalue weighted by molar-refractivity contribution is -0.132. The SMILES string of the molecule is CCNC(=O)Nc1ncnc2c1ncn2[C@@H]1O[C@H](CO[Si](C)(C)C(C)(C)C)C2O[C@H](/C=C/c3ccccc3)OC21. The summed E-state index contributed by atoms with van der Waals surface area (Å²) in [6.07, 6.45) is 4.69. The fourth-order valence-electron chi connectivity index (χ4n) is 4.51. The second kappa shape index (κ2) is 11.4. The van der Waals surface area contributed by atoms with Gasteiger partial charge in [0.05, 0.1) is 12.9 Å². The molecular formula is C28H38N6O5Si. The van der Waals surface area contributed by atoms with Crippen molar-refractivity contribution in [3.63, 3.8) is 0 Å². The minimum atomic E-state index is -2.03. The van der Waals surface area contributed by atoms with E-state index < -0.39 is 26.9 Å². The first kappa shape index (κ1) is 28.4. The summed E-state index contributed by atoms with van der Waals surface area (Å²) in [5.41, 5.74) is 2.03. The molecule has 2 amide bonds. The van der Waals surface area contributed by atoms with E-state index in [1.54, 1.807) is 6.33 Å². The lowest BCUT2D eigenvalue weighted by Crippen LogP contribution is -2.44. The molecule has 2 aromatic heterocycles. The van der Waals surface area contributed by atoms with Crippen LogP contribution in [0.5, 0.6) is 0 Å². The Labute approximate surface area is 235 Å². The Balaban J connectivity index is 1.41. The maximum absolute atomic E-state index is 12.1. The van der Waals surface area contributed by atoms with Crippen molar-refractivity contribution in [3.8, 4) is 0 Å². The van der Waals surface area contributed by atoms with Gasteiger partial charge in [0.2, 0.25) is 0 Å². The lowest BCUT2D eigenvalue weighted by atomic mass is 10.1. The van der Waals surface area contributed by atoms with Gasteiger partial charge in [-0.05, 0) is 36.7 Å². The Morgan fingerprint density at radius 2 is 1.85 bits per heavy atom. The fourth-order valence-corrected chi connectivity index (χ4v) is 5.52. The molecule has 0 spiro atoms. The molecule has 2 aliphatic heterocycles. The molecule has 11 nitrogen and oxygen atoms in total. The van der Waals surface area contributed by atoms with Crippen LogP contribution in [-0.4, -0.2) is 71.6 Å². The molecule has 0 radical (unpaired) electrons. The Bertz CT molecular complexity index is 1360. The number of aromatic nitrogens is 4. The lowest BCUT2D eigenvalue weighted by Gasteiger charge is -2.37. The number of hydrogen-bond acceptors (Lipinski definition) is 8. The van der Waals surface area contributed by atoms with Gasteiger partial charge in [-0.15, -0.1) is 0 Å². The topological polar surface area (TPSA) is 122 Å². The van der Waals surface area contributed by atoms with Crippen LogP contribution in [0, 0.1) is 0 Å². The van der Waals surface area contributed by atoms with Gasteiger partial charge in [-0.1, -0.05) is 57.2 Å². The highest BCUT2D eigenvalue weighted by molar-refractivity contribution is 6.74. The Hall–Kier alpha value is -3.16. The van der Waals surface area contributed by atoms with Crippen molar-refractivity contribution in [2.45, 2.75) is 76.7 Å². The summed E-state index contributed by atoms with van der Waals surface area (Å²) in [5, 5.41) is 5.49. The van der Waals surface area contributed by atoms with E-state index in [-0.39, 0.29) is 23.3 Å². The molecule has 2 fully saturated rings. The minimum absolute atomic E-state index is 0.0589. The Kier molecular flexibility index (Phi) is 8.07. The minimum Gasteiger partial charge on any atom is -0.414 e. The van der Waals surface area contributed by atoms with Crippen LogP contribution < -0.4 is 10.6 Å². The van der Waals surface area contributed by atoms with Crippen molar-refractivity contribution in [2.75, 3.05) is 18.5 Å². The van der Waals surface area contributed by atoms with Gasteiger partial charge in [-0.25, -0.2) is 19.7 Å². The van der Waals surface area contributed by atoms with E-state index in [1.807, 2.05) is 54.0 Å². The summed E-state index contributed by atoms with van der Waals surface area (Å²) in [6.45, 7) is 13.8. The molecule has 5 atom stereocenters. The van der Waals surface area contributed by atoms with Crippen LogP contribution in [0.25, 0.3) is 17.2 Å². The number of urea groups is 1. The number of benzene rings is 1.